The van der Waals surface area contributed by atoms with Gasteiger partial charge in [-0.3, -0.25) is 4.79 Å². The van der Waals surface area contributed by atoms with Crippen molar-refractivity contribution in [2.24, 2.45) is 5.73 Å². The molecular weight excluding hydrogens is 315 g/mol. The Labute approximate surface area is 139 Å². The first-order valence-corrected chi connectivity index (χ1v) is 8.04. The van der Waals surface area contributed by atoms with E-state index in [1.54, 1.807) is 0 Å². The van der Waals surface area contributed by atoms with Crippen molar-refractivity contribution < 1.29 is 9.18 Å². The highest BCUT2D eigenvalue weighted by atomic mass is 35.5. The molecule has 3 rings (SSSR count). The van der Waals surface area contributed by atoms with Gasteiger partial charge in [-0.2, -0.15) is 0 Å². The topological polar surface area (TPSA) is 55.1 Å². The summed E-state index contributed by atoms with van der Waals surface area (Å²) in [5.74, 6) is -0.988. The number of rotatable bonds is 3. The number of carbonyl (C=O) groups excluding carboxylic acids is 1. The summed E-state index contributed by atoms with van der Waals surface area (Å²) in [6.45, 7) is 2.03. The van der Waals surface area contributed by atoms with Crippen molar-refractivity contribution in [3.05, 3.63) is 58.4 Å². The van der Waals surface area contributed by atoms with Gasteiger partial charge in [-0.1, -0.05) is 35.9 Å². The molecule has 1 aliphatic rings. The van der Waals surface area contributed by atoms with E-state index in [4.69, 9.17) is 17.3 Å². The van der Waals surface area contributed by atoms with Crippen molar-refractivity contribution in [2.75, 3.05) is 13.1 Å². The number of nitrogens with two attached hydrogens (primary N) is 1. The molecule has 1 atom stereocenters. The summed E-state index contributed by atoms with van der Waals surface area (Å²) < 4.78 is 14.5. The molecule has 0 radical (unpaired) electrons. The van der Waals surface area contributed by atoms with Gasteiger partial charge in [-0.05, 0) is 48.6 Å². The Bertz CT molecular complexity index is 725. The monoisotopic (exact) mass is 332 g/mol. The molecule has 1 unspecified atom stereocenters. The average molecular weight is 333 g/mol. The molecule has 1 heterocycles. The number of hydrogen-bond donors (Lipinski definition) is 2. The summed E-state index contributed by atoms with van der Waals surface area (Å²) in [5, 5.41) is 3.65. The minimum Gasteiger partial charge on any atom is -0.366 e. The lowest BCUT2D eigenvalue weighted by Crippen LogP contribution is -2.28. The standard InChI is InChI=1S/C18H18ClFN2O/c19-15-8-7-14(18(21)23)17(20)16(15)12-5-3-11(4-6-12)13-2-1-9-22-10-13/h3-8,13,22H,1-2,9-10H2,(H2,21,23). The molecule has 0 bridgehead atoms. The van der Waals surface area contributed by atoms with Crippen LogP contribution in [0.3, 0.4) is 0 Å². The number of halogens is 2. The van der Waals surface area contributed by atoms with Crippen LogP contribution in [0.2, 0.25) is 5.02 Å². The fourth-order valence-electron chi connectivity index (χ4n) is 3.07. The lowest BCUT2D eigenvalue weighted by atomic mass is 9.90. The molecule has 3 nitrogen and oxygen atoms in total. The lowest BCUT2D eigenvalue weighted by molar-refractivity contribution is 0.0996. The highest BCUT2D eigenvalue weighted by Crippen LogP contribution is 2.33. The first-order valence-electron chi connectivity index (χ1n) is 7.67. The number of benzene rings is 2. The maximum absolute atomic E-state index is 14.5. The van der Waals surface area contributed by atoms with Crippen molar-refractivity contribution >= 4 is 17.5 Å². The van der Waals surface area contributed by atoms with Crippen LogP contribution in [-0.4, -0.2) is 19.0 Å². The summed E-state index contributed by atoms with van der Waals surface area (Å²) in [4.78, 5) is 11.3. The third-order valence-corrected chi connectivity index (χ3v) is 4.64. The highest BCUT2D eigenvalue weighted by Gasteiger charge is 2.19. The van der Waals surface area contributed by atoms with Crippen LogP contribution in [0.15, 0.2) is 36.4 Å². The van der Waals surface area contributed by atoms with Crippen LogP contribution in [0.4, 0.5) is 4.39 Å². The fraction of sp³-hybridized carbons (Fsp3) is 0.278. The largest absolute Gasteiger partial charge is 0.366 e. The molecule has 0 spiro atoms. The first kappa shape index (κ1) is 16.0. The number of piperidine rings is 1. The zero-order valence-electron chi connectivity index (χ0n) is 12.6. The van der Waals surface area contributed by atoms with Gasteiger partial charge in [0.25, 0.3) is 5.91 Å². The first-order chi connectivity index (χ1) is 11.1. The lowest BCUT2D eigenvalue weighted by Gasteiger charge is -2.23. The van der Waals surface area contributed by atoms with E-state index in [2.05, 4.69) is 5.32 Å². The fourth-order valence-corrected chi connectivity index (χ4v) is 3.32. The maximum atomic E-state index is 14.5. The third-order valence-electron chi connectivity index (χ3n) is 4.32. The normalized spacial score (nSPS) is 17.9. The molecule has 2 aromatic rings. The van der Waals surface area contributed by atoms with Crippen LogP contribution >= 0.6 is 11.6 Å². The molecule has 23 heavy (non-hydrogen) atoms. The number of amides is 1. The van der Waals surface area contributed by atoms with Crippen LogP contribution in [0.25, 0.3) is 11.1 Å². The zero-order valence-corrected chi connectivity index (χ0v) is 13.4. The number of nitrogens with one attached hydrogen (secondary N) is 1. The molecule has 1 fully saturated rings. The summed E-state index contributed by atoms with van der Waals surface area (Å²) in [6, 6.07) is 10.5. The molecule has 5 heteroatoms. The Morgan fingerprint density at radius 1 is 1.22 bits per heavy atom. The summed E-state index contributed by atoms with van der Waals surface area (Å²) >= 11 is 6.13. The van der Waals surface area contributed by atoms with E-state index in [9.17, 15) is 9.18 Å². The van der Waals surface area contributed by atoms with E-state index < -0.39 is 11.7 Å². The second kappa shape index (κ2) is 6.69. The van der Waals surface area contributed by atoms with E-state index in [-0.39, 0.29) is 16.1 Å². The van der Waals surface area contributed by atoms with Crippen molar-refractivity contribution in [2.45, 2.75) is 18.8 Å². The number of hydrogen-bond acceptors (Lipinski definition) is 2. The van der Waals surface area contributed by atoms with Crippen molar-refractivity contribution in [3.63, 3.8) is 0 Å². The Balaban J connectivity index is 1.96. The van der Waals surface area contributed by atoms with Crippen molar-refractivity contribution in [1.29, 1.82) is 0 Å². The van der Waals surface area contributed by atoms with E-state index in [0.717, 1.165) is 25.9 Å². The van der Waals surface area contributed by atoms with Crippen LogP contribution in [0.5, 0.6) is 0 Å². The van der Waals surface area contributed by atoms with Gasteiger partial charge in [0.1, 0.15) is 5.82 Å². The van der Waals surface area contributed by atoms with Crippen molar-refractivity contribution in [1.82, 2.24) is 5.32 Å². The Morgan fingerprint density at radius 3 is 2.57 bits per heavy atom. The van der Waals surface area contributed by atoms with Gasteiger partial charge in [0.2, 0.25) is 0 Å². The van der Waals surface area contributed by atoms with Crippen LogP contribution in [0, 0.1) is 5.82 Å². The molecule has 2 aromatic carbocycles. The quantitative estimate of drug-likeness (QED) is 0.900. The van der Waals surface area contributed by atoms with Crippen LogP contribution in [0.1, 0.15) is 34.7 Å². The molecular formula is C18H18ClFN2O. The highest BCUT2D eigenvalue weighted by molar-refractivity contribution is 6.33. The van der Waals surface area contributed by atoms with Crippen molar-refractivity contribution in [3.8, 4) is 11.1 Å². The van der Waals surface area contributed by atoms with Gasteiger partial charge < -0.3 is 11.1 Å². The van der Waals surface area contributed by atoms with Gasteiger partial charge in [0.05, 0.1) is 10.6 Å². The number of primary amides is 1. The molecule has 1 saturated heterocycles. The zero-order chi connectivity index (χ0) is 16.4. The molecule has 1 amide bonds. The predicted octanol–water partition coefficient (Wildman–Crippen LogP) is 3.71. The average Bonchev–Trinajstić information content (AvgIpc) is 2.56. The van der Waals surface area contributed by atoms with Gasteiger partial charge in [-0.25, -0.2) is 4.39 Å². The van der Waals surface area contributed by atoms with Gasteiger partial charge >= 0.3 is 0 Å². The molecule has 0 saturated carbocycles. The SMILES string of the molecule is NC(=O)c1ccc(Cl)c(-c2ccc(C3CCCNC3)cc2)c1F. The smallest absolute Gasteiger partial charge is 0.251 e. The minimum atomic E-state index is -0.801. The maximum Gasteiger partial charge on any atom is 0.251 e. The minimum absolute atomic E-state index is 0.148. The molecule has 0 aromatic heterocycles. The van der Waals surface area contributed by atoms with E-state index in [0.29, 0.717) is 11.5 Å². The summed E-state index contributed by atoms with van der Waals surface area (Å²) in [7, 11) is 0. The van der Waals surface area contributed by atoms with Crippen LogP contribution in [-0.2, 0) is 0 Å². The van der Waals surface area contributed by atoms with E-state index in [1.165, 1.54) is 17.7 Å². The van der Waals surface area contributed by atoms with Gasteiger partial charge in [0.15, 0.2) is 0 Å². The van der Waals surface area contributed by atoms with E-state index in [1.807, 2.05) is 24.3 Å². The molecule has 3 N–H and O–H groups in total. The molecule has 1 aliphatic heterocycles. The molecule has 120 valence electrons. The summed E-state index contributed by atoms with van der Waals surface area (Å²) in [5.41, 5.74) is 7.14. The Morgan fingerprint density at radius 2 is 1.96 bits per heavy atom. The second-order valence-corrected chi connectivity index (χ2v) is 6.22. The van der Waals surface area contributed by atoms with Crippen LogP contribution < -0.4 is 11.1 Å². The van der Waals surface area contributed by atoms with E-state index >= 15 is 0 Å². The second-order valence-electron chi connectivity index (χ2n) is 5.81. The predicted molar refractivity (Wildman–Crippen MR) is 90.2 cm³/mol. The molecule has 0 aliphatic carbocycles. The Kier molecular flexibility index (Phi) is 4.64. The Hall–Kier alpha value is -1.91. The third kappa shape index (κ3) is 3.23. The van der Waals surface area contributed by atoms with Gasteiger partial charge in [0, 0.05) is 12.1 Å². The number of carbonyl (C=O) groups is 1. The van der Waals surface area contributed by atoms with Gasteiger partial charge in [-0.15, -0.1) is 0 Å². The summed E-state index contributed by atoms with van der Waals surface area (Å²) in [6.07, 6.45) is 2.31.